The molecule has 3 nitrogen and oxygen atoms in total. The fraction of sp³-hybridized carbons (Fsp3) is 0.0667. The maximum atomic E-state index is 13.7. The lowest BCUT2D eigenvalue weighted by Gasteiger charge is -2.11. The molecule has 0 fully saturated rings. The number of rotatable bonds is 4. The van der Waals surface area contributed by atoms with E-state index in [0.717, 1.165) is 6.07 Å². The Bertz CT molecular complexity index is 741. The van der Waals surface area contributed by atoms with E-state index in [1.165, 1.54) is 24.3 Å². The molecule has 0 aliphatic rings. The summed E-state index contributed by atoms with van der Waals surface area (Å²) in [5, 5.41) is 9.14. The summed E-state index contributed by atoms with van der Waals surface area (Å²) in [4.78, 5) is 11.0. The number of hydrogen-bond acceptors (Lipinski definition) is 3. The second-order valence-corrected chi connectivity index (χ2v) is 4.97. The lowest BCUT2D eigenvalue weighted by atomic mass is 10.1. The van der Waals surface area contributed by atoms with Crippen molar-refractivity contribution in [2.24, 2.45) is 0 Å². The monoisotopic (exact) mass is 323 g/mol. The maximum absolute atomic E-state index is 13.7. The molecule has 0 amide bonds. The standard InChI is InChI=1S/C15H8Cl2FNO2/c16-12-4-11(7-20)15(13(17)5-12)21-8-10-2-1-9(6-19)3-14(10)18/h1-5,7H,8H2. The number of benzene rings is 2. The van der Waals surface area contributed by atoms with E-state index < -0.39 is 5.82 Å². The molecule has 0 aliphatic carbocycles. The van der Waals surface area contributed by atoms with Gasteiger partial charge >= 0.3 is 0 Å². The summed E-state index contributed by atoms with van der Waals surface area (Å²) < 4.78 is 19.1. The zero-order valence-corrected chi connectivity index (χ0v) is 12.1. The Morgan fingerprint density at radius 1 is 1.29 bits per heavy atom. The average Bonchev–Trinajstić information content (AvgIpc) is 2.46. The molecule has 0 aromatic heterocycles. The summed E-state index contributed by atoms with van der Waals surface area (Å²) in [5.74, 6) is -0.424. The van der Waals surface area contributed by atoms with Crippen LogP contribution in [0.2, 0.25) is 10.0 Å². The Balaban J connectivity index is 2.25. The van der Waals surface area contributed by atoms with Crippen LogP contribution in [0.25, 0.3) is 0 Å². The molecule has 6 heteroatoms. The van der Waals surface area contributed by atoms with E-state index in [0.29, 0.717) is 11.3 Å². The normalized spacial score (nSPS) is 10.0. The van der Waals surface area contributed by atoms with Crippen LogP contribution in [0.5, 0.6) is 5.75 Å². The lowest BCUT2D eigenvalue weighted by molar-refractivity contribution is 0.111. The van der Waals surface area contributed by atoms with Crippen molar-refractivity contribution in [3.8, 4) is 11.8 Å². The highest BCUT2D eigenvalue weighted by Crippen LogP contribution is 2.32. The molecule has 2 aromatic rings. The zero-order chi connectivity index (χ0) is 15.4. The summed E-state index contributed by atoms with van der Waals surface area (Å²) in [6.45, 7) is -0.125. The van der Waals surface area contributed by atoms with E-state index in [2.05, 4.69) is 0 Å². The lowest BCUT2D eigenvalue weighted by Crippen LogP contribution is -2.01. The van der Waals surface area contributed by atoms with Crippen molar-refractivity contribution >= 4 is 29.5 Å². The van der Waals surface area contributed by atoms with Crippen LogP contribution in [0.4, 0.5) is 4.39 Å². The van der Waals surface area contributed by atoms with Crippen molar-refractivity contribution in [2.75, 3.05) is 0 Å². The molecule has 0 saturated carbocycles. The van der Waals surface area contributed by atoms with Crippen LogP contribution in [0.3, 0.4) is 0 Å². The number of carbonyl (C=O) groups is 1. The molecule has 0 bridgehead atoms. The summed E-state index contributed by atoms with van der Waals surface area (Å²) >= 11 is 11.7. The predicted octanol–water partition coefficient (Wildman–Crippen LogP) is 4.40. The third-order valence-corrected chi connectivity index (χ3v) is 3.22. The van der Waals surface area contributed by atoms with Crippen LogP contribution in [0, 0.1) is 17.1 Å². The van der Waals surface area contributed by atoms with E-state index in [4.69, 9.17) is 33.2 Å². The molecular formula is C15H8Cl2FNO2. The number of ether oxygens (including phenoxy) is 1. The van der Waals surface area contributed by atoms with E-state index >= 15 is 0 Å². The van der Waals surface area contributed by atoms with E-state index in [9.17, 15) is 9.18 Å². The minimum Gasteiger partial charge on any atom is -0.486 e. The first-order valence-corrected chi connectivity index (χ1v) is 6.56. The van der Waals surface area contributed by atoms with Crippen LogP contribution < -0.4 is 4.74 Å². The molecule has 0 saturated heterocycles. The van der Waals surface area contributed by atoms with Crippen molar-refractivity contribution in [1.29, 1.82) is 5.26 Å². The van der Waals surface area contributed by atoms with Gasteiger partial charge in [0.2, 0.25) is 0 Å². The fourth-order valence-corrected chi connectivity index (χ4v) is 2.27. The molecule has 0 N–H and O–H groups in total. The summed E-state index contributed by atoms with van der Waals surface area (Å²) in [6, 6.07) is 8.71. The molecule has 21 heavy (non-hydrogen) atoms. The van der Waals surface area contributed by atoms with Gasteiger partial charge in [-0.2, -0.15) is 5.26 Å². The molecule has 0 unspecified atom stereocenters. The van der Waals surface area contributed by atoms with Gasteiger partial charge in [-0.3, -0.25) is 4.79 Å². The van der Waals surface area contributed by atoms with Gasteiger partial charge in [0.05, 0.1) is 22.2 Å². The predicted molar refractivity (Wildman–Crippen MR) is 77.3 cm³/mol. The highest BCUT2D eigenvalue weighted by atomic mass is 35.5. The number of carbonyl (C=O) groups excluding carboxylic acids is 1. The Morgan fingerprint density at radius 2 is 2.05 bits per heavy atom. The molecule has 2 rings (SSSR count). The fourth-order valence-electron chi connectivity index (χ4n) is 1.70. The Morgan fingerprint density at radius 3 is 2.67 bits per heavy atom. The van der Waals surface area contributed by atoms with Gasteiger partial charge < -0.3 is 4.74 Å². The summed E-state index contributed by atoms with van der Waals surface area (Å²) in [5.41, 5.74) is 0.646. The number of hydrogen-bond donors (Lipinski definition) is 0. The van der Waals surface area contributed by atoms with Crippen molar-refractivity contribution in [1.82, 2.24) is 0 Å². The second-order valence-electron chi connectivity index (χ2n) is 4.13. The van der Waals surface area contributed by atoms with Gasteiger partial charge in [-0.15, -0.1) is 0 Å². The third-order valence-electron chi connectivity index (χ3n) is 2.72. The van der Waals surface area contributed by atoms with Gasteiger partial charge in [0.1, 0.15) is 18.2 Å². The Labute approximate surface area is 130 Å². The SMILES string of the molecule is N#Cc1ccc(COc2c(Cl)cc(Cl)cc2C=O)c(F)c1. The number of halogens is 3. The molecule has 2 aromatic carbocycles. The third kappa shape index (κ3) is 3.52. The summed E-state index contributed by atoms with van der Waals surface area (Å²) in [7, 11) is 0. The Kier molecular flexibility index (Phi) is 4.79. The van der Waals surface area contributed by atoms with Gasteiger partial charge in [-0.1, -0.05) is 29.3 Å². The van der Waals surface area contributed by atoms with Crippen molar-refractivity contribution < 1.29 is 13.9 Å². The average molecular weight is 324 g/mol. The van der Waals surface area contributed by atoms with Gasteiger partial charge in [0.15, 0.2) is 6.29 Å². The van der Waals surface area contributed by atoms with Gasteiger partial charge in [0.25, 0.3) is 0 Å². The number of nitrogens with zero attached hydrogens (tertiary/aromatic N) is 1. The van der Waals surface area contributed by atoms with Crippen molar-refractivity contribution in [3.63, 3.8) is 0 Å². The van der Waals surface area contributed by atoms with Gasteiger partial charge in [-0.05, 0) is 24.3 Å². The van der Waals surface area contributed by atoms with E-state index in [1.807, 2.05) is 6.07 Å². The minimum atomic E-state index is -0.563. The quantitative estimate of drug-likeness (QED) is 0.784. The molecule has 0 aliphatic heterocycles. The van der Waals surface area contributed by atoms with Crippen LogP contribution in [0.1, 0.15) is 21.5 Å². The van der Waals surface area contributed by atoms with E-state index in [-0.39, 0.29) is 34.1 Å². The van der Waals surface area contributed by atoms with Gasteiger partial charge in [0, 0.05) is 10.6 Å². The molecule has 0 atom stereocenters. The second kappa shape index (κ2) is 6.57. The smallest absolute Gasteiger partial charge is 0.153 e. The topological polar surface area (TPSA) is 50.1 Å². The van der Waals surface area contributed by atoms with Crippen LogP contribution >= 0.6 is 23.2 Å². The maximum Gasteiger partial charge on any atom is 0.153 e. The highest BCUT2D eigenvalue weighted by Gasteiger charge is 2.12. The Hall–Kier alpha value is -2.09. The largest absolute Gasteiger partial charge is 0.486 e. The zero-order valence-electron chi connectivity index (χ0n) is 10.6. The summed E-state index contributed by atoms with van der Waals surface area (Å²) in [6.07, 6.45) is 0.558. The first-order valence-electron chi connectivity index (χ1n) is 5.80. The highest BCUT2D eigenvalue weighted by molar-refractivity contribution is 6.36. The molecule has 0 spiro atoms. The molecule has 0 radical (unpaired) electrons. The first-order chi connectivity index (χ1) is 10.0. The van der Waals surface area contributed by atoms with E-state index in [1.54, 1.807) is 0 Å². The molecular weight excluding hydrogens is 316 g/mol. The van der Waals surface area contributed by atoms with Crippen LogP contribution in [-0.2, 0) is 6.61 Å². The number of nitriles is 1. The van der Waals surface area contributed by atoms with Crippen LogP contribution in [0.15, 0.2) is 30.3 Å². The molecule has 0 heterocycles. The number of aldehydes is 1. The first kappa shape index (κ1) is 15.3. The van der Waals surface area contributed by atoms with Crippen molar-refractivity contribution in [3.05, 3.63) is 62.9 Å². The van der Waals surface area contributed by atoms with Gasteiger partial charge in [-0.25, -0.2) is 4.39 Å². The molecule has 106 valence electrons. The van der Waals surface area contributed by atoms with Crippen LogP contribution in [-0.4, -0.2) is 6.29 Å². The minimum absolute atomic E-state index is 0.125. The van der Waals surface area contributed by atoms with Crippen molar-refractivity contribution in [2.45, 2.75) is 6.61 Å².